The first kappa shape index (κ1) is 12.1. The van der Waals surface area contributed by atoms with Crippen LogP contribution in [0.15, 0.2) is 11.1 Å². The summed E-state index contributed by atoms with van der Waals surface area (Å²) in [5.74, 6) is 0. The molecule has 0 saturated heterocycles. The molecule has 0 radical (unpaired) electrons. The molecule has 0 saturated carbocycles. The van der Waals surface area contributed by atoms with Crippen molar-refractivity contribution in [2.75, 3.05) is 5.73 Å². The fourth-order valence-electron chi connectivity index (χ4n) is 1.09. The van der Waals surface area contributed by atoms with E-state index in [9.17, 15) is 17.2 Å². The molecule has 1 heterocycles. The summed E-state index contributed by atoms with van der Waals surface area (Å²) < 4.78 is 46.9. The molecule has 1 aromatic rings. The van der Waals surface area contributed by atoms with E-state index in [-0.39, 0.29) is 5.69 Å². The maximum atomic E-state index is 12.5. The minimum atomic E-state index is -4.15. The summed E-state index contributed by atoms with van der Waals surface area (Å²) in [6.07, 6.45) is -2.03. The second-order valence-electron chi connectivity index (χ2n) is 2.77. The number of alkyl halides is 2. The Labute approximate surface area is 89.5 Å². The number of rotatable bonds is 2. The molecule has 15 heavy (non-hydrogen) atoms. The van der Waals surface area contributed by atoms with Gasteiger partial charge < -0.3 is 5.73 Å². The van der Waals surface area contributed by atoms with E-state index in [2.05, 4.69) is 4.98 Å². The van der Waals surface area contributed by atoms with Crippen LogP contribution in [0.1, 0.15) is 17.7 Å². The van der Waals surface area contributed by atoms with Gasteiger partial charge in [-0.15, -0.1) is 0 Å². The van der Waals surface area contributed by atoms with Gasteiger partial charge in [0.1, 0.15) is 4.90 Å². The van der Waals surface area contributed by atoms with E-state index < -0.39 is 31.6 Å². The largest absolute Gasteiger partial charge is 0.397 e. The van der Waals surface area contributed by atoms with Gasteiger partial charge in [-0.3, -0.25) is 4.98 Å². The summed E-state index contributed by atoms with van der Waals surface area (Å²) in [6, 6.07) is 0. The highest BCUT2D eigenvalue weighted by Crippen LogP contribution is 2.32. The lowest BCUT2D eigenvalue weighted by atomic mass is 10.2. The van der Waals surface area contributed by atoms with Crippen molar-refractivity contribution in [1.29, 1.82) is 0 Å². The number of hydrogen-bond donors (Lipinski definition) is 1. The van der Waals surface area contributed by atoms with Crippen molar-refractivity contribution < 1.29 is 17.2 Å². The number of halogens is 3. The van der Waals surface area contributed by atoms with E-state index in [1.807, 2.05) is 0 Å². The minimum absolute atomic E-state index is 0.0217. The number of hydrogen-bond acceptors (Lipinski definition) is 4. The molecule has 0 bridgehead atoms. The third-order valence-electron chi connectivity index (χ3n) is 1.80. The molecule has 4 nitrogen and oxygen atoms in total. The topological polar surface area (TPSA) is 73.0 Å². The Kier molecular flexibility index (Phi) is 3.15. The smallest absolute Gasteiger partial charge is 0.267 e. The number of pyridine rings is 1. The molecule has 0 amide bonds. The number of aryl methyl sites for hydroxylation is 1. The van der Waals surface area contributed by atoms with Crippen molar-refractivity contribution in [3.8, 4) is 0 Å². The van der Waals surface area contributed by atoms with Crippen LogP contribution in [0.2, 0.25) is 0 Å². The lowest BCUT2D eigenvalue weighted by Gasteiger charge is -2.10. The molecule has 0 unspecified atom stereocenters. The van der Waals surface area contributed by atoms with Crippen LogP contribution in [-0.2, 0) is 9.05 Å². The average molecular weight is 257 g/mol. The summed E-state index contributed by atoms with van der Waals surface area (Å²) in [4.78, 5) is 2.91. The molecule has 0 aliphatic carbocycles. The Morgan fingerprint density at radius 3 is 2.47 bits per heavy atom. The van der Waals surface area contributed by atoms with E-state index in [0.717, 1.165) is 6.20 Å². The molecule has 0 aliphatic heterocycles. The predicted molar refractivity (Wildman–Crippen MR) is 51.4 cm³/mol. The second-order valence-corrected chi connectivity index (χ2v) is 5.31. The monoisotopic (exact) mass is 256 g/mol. The minimum Gasteiger partial charge on any atom is -0.397 e. The Bertz CT molecular complexity index is 490. The van der Waals surface area contributed by atoms with Crippen LogP contribution in [-0.4, -0.2) is 13.4 Å². The van der Waals surface area contributed by atoms with Crippen LogP contribution in [0.4, 0.5) is 14.5 Å². The van der Waals surface area contributed by atoms with Crippen molar-refractivity contribution in [3.05, 3.63) is 17.5 Å². The highest BCUT2D eigenvalue weighted by molar-refractivity contribution is 8.13. The van der Waals surface area contributed by atoms with Crippen molar-refractivity contribution in [2.24, 2.45) is 0 Å². The number of anilines is 1. The lowest BCUT2D eigenvalue weighted by Crippen LogP contribution is -2.06. The number of nitrogens with two attached hydrogens (primary N) is 1. The van der Waals surface area contributed by atoms with E-state index in [1.54, 1.807) is 0 Å². The fraction of sp³-hybridized carbons (Fsp3) is 0.286. The maximum Gasteiger partial charge on any atom is 0.267 e. The first-order valence-electron chi connectivity index (χ1n) is 3.73. The van der Waals surface area contributed by atoms with Gasteiger partial charge >= 0.3 is 0 Å². The number of aromatic nitrogens is 1. The van der Waals surface area contributed by atoms with Gasteiger partial charge in [-0.05, 0) is 6.92 Å². The van der Waals surface area contributed by atoms with Gasteiger partial charge in [-0.1, -0.05) is 0 Å². The van der Waals surface area contributed by atoms with Crippen LogP contribution in [0, 0.1) is 6.92 Å². The van der Waals surface area contributed by atoms with Crippen LogP contribution in [0.3, 0.4) is 0 Å². The van der Waals surface area contributed by atoms with Crippen molar-refractivity contribution in [2.45, 2.75) is 18.2 Å². The average Bonchev–Trinajstić information content (AvgIpc) is 2.00. The van der Waals surface area contributed by atoms with Gasteiger partial charge in [-0.25, -0.2) is 17.2 Å². The molecule has 84 valence electrons. The zero-order chi connectivity index (χ0) is 11.8. The highest BCUT2D eigenvalue weighted by Gasteiger charge is 2.23. The predicted octanol–water partition coefficient (Wildman–Crippen LogP) is 1.84. The molecule has 2 N–H and O–H groups in total. The standard InChI is InChI=1S/C7H7ClF2N2O2S/c1-3-5(7(9)10)6(11)4(2-12-3)15(8,13)14/h2,7H,1H3,(H2,11,12). The number of nitrogen functional groups attached to an aromatic ring is 1. The van der Waals surface area contributed by atoms with Crippen LogP contribution in [0.25, 0.3) is 0 Å². The maximum absolute atomic E-state index is 12.5. The molecule has 0 spiro atoms. The van der Waals surface area contributed by atoms with E-state index in [4.69, 9.17) is 16.4 Å². The Morgan fingerprint density at radius 1 is 1.53 bits per heavy atom. The van der Waals surface area contributed by atoms with Crippen molar-refractivity contribution in [1.82, 2.24) is 4.98 Å². The summed E-state index contributed by atoms with van der Waals surface area (Å²) in [6.45, 7) is 1.31. The molecule has 0 aromatic carbocycles. The van der Waals surface area contributed by atoms with Crippen LogP contribution < -0.4 is 5.73 Å². The zero-order valence-corrected chi connectivity index (χ0v) is 9.11. The molecule has 0 aliphatic rings. The second kappa shape index (κ2) is 3.90. The first-order chi connectivity index (χ1) is 6.75. The Morgan fingerprint density at radius 2 is 2.07 bits per heavy atom. The fourth-order valence-corrected chi connectivity index (χ4v) is 2.01. The lowest BCUT2D eigenvalue weighted by molar-refractivity contribution is 0.150. The van der Waals surface area contributed by atoms with Crippen LogP contribution in [0.5, 0.6) is 0 Å². The molecule has 8 heteroatoms. The molecule has 0 fully saturated rings. The molecular formula is C7H7ClF2N2O2S. The van der Waals surface area contributed by atoms with Gasteiger partial charge in [0.05, 0.1) is 11.3 Å². The van der Waals surface area contributed by atoms with Crippen molar-refractivity contribution in [3.63, 3.8) is 0 Å². The summed E-state index contributed by atoms with van der Waals surface area (Å²) >= 11 is 0. The van der Waals surface area contributed by atoms with E-state index >= 15 is 0 Å². The summed E-state index contributed by atoms with van der Waals surface area (Å²) in [5, 5.41) is 0. The molecule has 1 rings (SSSR count). The number of nitrogens with zero attached hydrogens (tertiary/aromatic N) is 1. The van der Waals surface area contributed by atoms with E-state index in [1.165, 1.54) is 6.92 Å². The van der Waals surface area contributed by atoms with E-state index in [0.29, 0.717) is 0 Å². The van der Waals surface area contributed by atoms with Crippen molar-refractivity contribution >= 4 is 25.4 Å². The third-order valence-corrected chi connectivity index (χ3v) is 3.15. The third kappa shape index (κ3) is 2.35. The highest BCUT2D eigenvalue weighted by atomic mass is 35.7. The summed E-state index contributed by atoms with van der Waals surface area (Å²) in [5.41, 5.74) is 4.12. The quantitative estimate of drug-likeness (QED) is 0.820. The first-order valence-corrected chi connectivity index (χ1v) is 6.04. The molecule has 1 aromatic heterocycles. The van der Waals surface area contributed by atoms with Gasteiger partial charge in [0.25, 0.3) is 15.5 Å². The van der Waals surface area contributed by atoms with Gasteiger partial charge in [0.2, 0.25) is 0 Å². The van der Waals surface area contributed by atoms with Crippen LogP contribution >= 0.6 is 10.7 Å². The van der Waals surface area contributed by atoms with Gasteiger partial charge in [0, 0.05) is 22.6 Å². The molecular weight excluding hydrogens is 250 g/mol. The SMILES string of the molecule is Cc1ncc(S(=O)(=O)Cl)c(N)c1C(F)F. The Balaban J connectivity index is 3.56. The van der Waals surface area contributed by atoms with Gasteiger partial charge in [0.15, 0.2) is 0 Å². The zero-order valence-electron chi connectivity index (χ0n) is 7.54. The Hall–Kier alpha value is -0.950. The normalized spacial score (nSPS) is 12.1. The van der Waals surface area contributed by atoms with Gasteiger partial charge in [-0.2, -0.15) is 0 Å². The summed E-state index contributed by atoms with van der Waals surface area (Å²) in [7, 11) is 0.845. The molecule has 0 atom stereocenters.